The molecule has 0 heterocycles. The van der Waals surface area contributed by atoms with Crippen LogP contribution in [0.1, 0.15) is 335 Å². The molecule has 402 valence electrons. The molecule has 6 heteroatoms. The van der Waals surface area contributed by atoms with Crippen LogP contribution in [0.2, 0.25) is 0 Å². The zero-order chi connectivity index (χ0) is 49.3. The molecule has 2 unspecified atom stereocenters. The van der Waals surface area contributed by atoms with Gasteiger partial charge in [0.25, 0.3) is 0 Å². The van der Waals surface area contributed by atoms with Crippen molar-refractivity contribution in [2.45, 2.75) is 347 Å². The van der Waals surface area contributed by atoms with Crippen molar-refractivity contribution in [2.75, 3.05) is 13.2 Å². The second-order valence-electron chi connectivity index (χ2n) is 21.0. The Kier molecular flexibility index (Phi) is 56.5. The summed E-state index contributed by atoms with van der Waals surface area (Å²) in [6, 6.07) is -0.545. The molecule has 0 saturated carbocycles. The lowest BCUT2D eigenvalue weighted by Crippen LogP contribution is -2.45. The first kappa shape index (κ1) is 66.3. The van der Waals surface area contributed by atoms with Gasteiger partial charge in [-0.1, -0.05) is 301 Å². The molecule has 0 aromatic rings. The van der Waals surface area contributed by atoms with Crippen LogP contribution in [0, 0.1) is 0 Å². The number of carbonyl (C=O) groups excluding carboxylic acids is 2. The standard InChI is InChI=1S/C62H119NO5/c1-3-5-7-9-11-13-15-17-18-24-27-31-34-38-42-46-50-54-60(65)59(58-64)63-61(66)55-51-47-43-39-35-32-28-25-22-20-19-21-23-26-29-33-37-41-45-49-53-57-68-62(67)56-52-48-44-40-36-30-16-14-12-10-8-6-4-2/h33,37,45,49,59-60,64-65H,3-32,34-36,38-44,46-48,50-58H2,1-2H3,(H,63,66)/b37-33-,49-45-. The van der Waals surface area contributed by atoms with Crippen molar-refractivity contribution < 1.29 is 24.5 Å². The van der Waals surface area contributed by atoms with Gasteiger partial charge in [-0.15, -0.1) is 0 Å². The largest absolute Gasteiger partial charge is 0.465 e. The van der Waals surface area contributed by atoms with Gasteiger partial charge in [-0.2, -0.15) is 0 Å². The second-order valence-corrected chi connectivity index (χ2v) is 21.0. The maximum atomic E-state index is 12.5. The Morgan fingerprint density at radius 3 is 1.12 bits per heavy atom. The van der Waals surface area contributed by atoms with Crippen molar-refractivity contribution in [3.8, 4) is 0 Å². The maximum Gasteiger partial charge on any atom is 0.305 e. The number of unbranched alkanes of at least 4 members (excludes halogenated alkanes) is 42. The summed E-state index contributed by atoms with van der Waals surface area (Å²) in [5.41, 5.74) is 0. The normalized spacial score (nSPS) is 12.7. The highest BCUT2D eigenvalue weighted by molar-refractivity contribution is 5.76. The Morgan fingerprint density at radius 1 is 0.412 bits per heavy atom. The van der Waals surface area contributed by atoms with Gasteiger partial charge in [-0.3, -0.25) is 9.59 Å². The third kappa shape index (κ3) is 53.7. The summed E-state index contributed by atoms with van der Waals surface area (Å²) >= 11 is 0. The van der Waals surface area contributed by atoms with Crippen molar-refractivity contribution in [3.05, 3.63) is 24.3 Å². The van der Waals surface area contributed by atoms with Crippen LogP contribution in [0.3, 0.4) is 0 Å². The molecule has 0 aromatic heterocycles. The van der Waals surface area contributed by atoms with Gasteiger partial charge in [0.15, 0.2) is 0 Å². The van der Waals surface area contributed by atoms with E-state index in [1.165, 1.54) is 250 Å². The van der Waals surface area contributed by atoms with Gasteiger partial charge in [0.05, 0.1) is 25.4 Å². The van der Waals surface area contributed by atoms with Gasteiger partial charge in [0.2, 0.25) is 5.91 Å². The number of nitrogens with one attached hydrogen (secondary N) is 1. The van der Waals surface area contributed by atoms with Crippen molar-refractivity contribution in [2.24, 2.45) is 0 Å². The SMILES string of the molecule is CCCCCCCCCCCCCCCCCCCC(O)C(CO)NC(=O)CCCCCCCCCCCCCCCC/C=C\C/C=C\CCOC(=O)CCCCCCCCCCCCCCC. The van der Waals surface area contributed by atoms with E-state index in [1.54, 1.807) is 0 Å². The number of carbonyl (C=O) groups is 2. The molecule has 0 rings (SSSR count). The van der Waals surface area contributed by atoms with Crippen LogP contribution in [0.4, 0.5) is 0 Å². The first-order valence-corrected chi connectivity index (χ1v) is 30.6. The van der Waals surface area contributed by atoms with Crippen molar-refractivity contribution in [1.82, 2.24) is 5.32 Å². The average molecular weight is 959 g/mol. The Bertz CT molecular complexity index is 1060. The summed E-state index contributed by atoms with van der Waals surface area (Å²) in [5, 5.41) is 23.3. The molecular formula is C62H119NO5. The van der Waals surface area contributed by atoms with Gasteiger partial charge in [-0.05, 0) is 44.9 Å². The number of hydrogen-bond acceptors (Lipinski definition) is 5. The molecule has 68 heavy (non-hydrogen) atoms. The quantitative estimate of drug-likeness (QED) is 0.0321. The lowest BCUT2D eigenvalue weighted by Gasteiger charge is -2.22. The van der Waals surface area contributed by atoms with E-state index < -0.39 is 12.1 Å². The van der Waals surface area contributed by atoms with Crippen molar-refractivity contribution in [1.29, 1.82) is 0 Å². The summed E-state index contributed by atoms with van der Waals surface area (Å²) in [5.74, 6) is -0.0704. The Morgan fingerprint density at radius 2 is 0.735 bits per heavy atom. The minimum absolute atomic E-state index is 0.0332. The number of aliphatic hydroxyl groups excluding tert-OH is 2. The highest BCUT2D eigenvalue weighted by Crippen LogP contribution is 2.18. The highest BCUT2D eigenvalue weighted by Gasteiger charge is 2.20. The van der Waals surface area contributed by atoms with Gasteiger partial charge >= 0.3 is 5.97 Å². The van der Waals surface area contributed by atoms with E-state index in [0.717, 1.165) is 51.4 Å². The fraction of sp³-hybridized carbons (Fsp3) is 0.903. The Labute approximate surface area is 424 Å². The van der Waals surface area contributed by atoms with E-state index in [1.807, 2.05) is 0 Å². The molecule has 6 nitrogen and oxygen atoms in total. The molecule has 0 aliphatic carbocycles. The molecule has 0 aromatic carbocycles. The number of esters is 1. The fourth-order valence-electron chi connectivity index (χ4n) is 9.60. The monoisotopic (exact) mass is 958 g/mol. The number of allylic oxidation sites excluding steroid dienone is 3. The van der Waals surface area contributed by atoms with Gasteiger partial charge in [-0.25, -0.2) is 0 Å². The highest BCUT2D eigenvalue weighted by atomic mass is 16.5. The number of amides is 1. The van der Waals surface area contributed by atoms with E-state index in [9.17, 15) is 19.8 Å². The van der Waals surface area contributed by atoms with E-state index in [-0.39, 0.29) is 18.5 Å². The summed E-state index contributed by atoms with van der Waals surface area (Å²) in [7, 11) is 0. The average Bonchev–Trinajstić information content (AvgIpc) is 3.34. The molecule has 3 N–H and O–H groups in total. The van der Waals surface area contributed by atoms with Gasteiger partial charge in [0, 0.05) is 12.8 Å². The smallest absolute Gasteiger partial charge is 0.305 e. The third-order valence-electron chi connectivity index (χ3n) is 14.3. The minimum atomic E-state index is -0.668. The number of ether oxygens (including phenoxy) is 1. The third-order valence-corrected chi connectivity index (χ3v) is 14.3. The lowest BCUT2D eigenvalue weighted by molar-refractivity contribution is -0.143. The number of rotatable bonds is 57. The van der Waals surface area contributed by atoms with Crippen LogP contribution in [0.15, 0.2) is 24.3 Å². The molecule has 0 bridgehead atoms. The van der Waals surface area contributed by atoms with Crippen LogP contribution < -0.4 is 5.32 Å². The Hall–Kier alpha value is -1.66. The summed E-state index contributed by atoms with van der Waals surface area (Å²) < 4.78 is 5.41. The molecule has 2 atom stereocenters. The topological polar surface area (TPSA) is 95.9 Å². The molecule has 0 aliphatic heterocycles. The molecule has 0 radical (unpaired) electrons. The van der Waals surface area contributed by atoms with E-state index in [2.05, 4.69) is 43.5 Å². The van der Waals surface area contributed by atoms with Gasteiger partial charge < -0.3 is 20.3 Å². The van der Waals surface area contributed by atoms with E-state index in [4.69, 9.17) is 4.74 Å². The molecule has 0 aliphatic rings. The minimum Gasteiger partial charge on any atom is -0.465 e. The molecular weight excluding hydrogens is 839 g/mol. The Balaban J connectivity index is 3.45. The molecule has 0 spiro atoms. The zero-order valence-corrected chi connectivity index (χ0v) is 45.9. The van der Waals surface area contributed by atoms with Crippen molar-refractivity contribution in [3.63, 3.8) is 0 Å². The number of hydrogen-bond donors (Lipinski definition) is 3. The lowest BCUT2D eigenvalue weighted by atomic mass is 10.0. The predicted molar refractivity (Wildman–Crippen MR) is 296 cm³/mol. The predicted octanol–water partition coefficient (Wildman–Crippen LogP) is 19.0. The summed E-state index contributed by atoms with van der Waals surface area (Å²) in [6.45, 7) is 4.86. The van der Waals surface area contributed by atoms with Crippen molar-refractivity contribution >= 4 is 11.9 Å². The van der Waals surface area contributed by atoms with Crippen LogP contribution >= 0.6 is 0 Å². The van der Waals surface area contributed by atoms with E-state index >= 15 is 0 Å². The van der Waals surface area contributed by atoms with Crippen LogP contribution in [-0.2, 0) is 14.3 Å². The first-order chi connectivity index (χ1) is 33.5. The van der Waals surface area contributed by atoms with Crippen LogP contribution in [-0.4, -0.2) is 47.4 Å². The van der Waals surface area contributed by atoms with Crippen LogP contribution in [0.5, 0.6) is 0 Å². The summed E-state index contributed by atoms with van der Waals surface area (Å²) in [6.07, 6.45) is 70.5. The molecule has 1 amide bonds. The maximum absolute atomic E-state index is 12.5. The molecule has 0 saturated heterocycles. The second kappa shape index (κ2) is 57.9. The molecule has 0 fully saturated rings. The first-order valence-electron chi connectivity index (χ1n) is 30.6. The number of aliphatic hydroxyl groups is 2. The van der Waals surface area contributed by atoms with E-state index in [0.29, 0.717) is 25.9 Å². The fourth-order valence-corrected chi connectivity index (χ4v) is 9.60. The summed E-state index contributed by atoms with van der Waals surface area (Å²) in [4.78, 5) is 24.5. The zero-order valence-electron chi connectivity index (χ0n) is 45.9. The van der Waals surface area contributed by atoms with Crippen LogP contribution in [0.25, 0.3) is 0 Å². The van der Waals surface area contributed by atoms with Gasteiger partial charge in [0.1, 0.15) is 0 Å².